The van der Waals surface area contributed by atoms with Crippen molar-refractivity contribution in [2.75, 3.05) is 0 Å². The average Bonchev–Trinajstić information content (AvgIpc) is 3.55. The Balaban J connectivity index is 0.00000264. The molecule has 0 N–H and O–H groups in total. The van der Waals surface area contributed by atoms with E-state index in [4.69, 9.17) is 0 Å². The fourth-order valence-corrected chi connectivity index (χ4v) is 11.2. The van der Waals surface area contributed by atoms with Gasteiger partial charge >= 0.3 is 21.7 Å². The van der Waals surface area contributed by atoms with Crippen LogP contribution in [0.25, 0.3) is 5.57 Å². The first-order valence-corrected chi connectivity index (χ1v) is 18.4. The molecule has 0 fully saturated rings. The molecule has 0 saturated carbocycles. The normalized spacial score (nSPS) is 12.1. The van der Waals surface area contributed by atoms with Gasteiger partial charge < -0.3 is 37.2 Å². The maximum Gasteiger partial charge on any atom is 4.00 e. The van der Waals surface area contributed by atoms with E-state index in [1.807, 2.05) is 0 Å². The van der Waals surface area contributed by atoms with Crippen LogP contribution in [0.3, 0.4) is 0 Å². The molecule has 46 heavy (non-hydrogen) atoms. The summed E-state index contributed by atoms with van der Waals surface area (Å²) in [6.45, 7) is 6.83. The van der Waals surface area contributed by atoms with Crippen LogP contribution in [-0.4, -0.2) is 8.07 Å². The molecule has 0 unspecified atom stereocenters. The monoisotopic (exact) mass is 720 g/mol. The summed E-state index contributed by atoms with van der Waals surface area (Å²) in [5.74, 6) is 0. The second-order valence-electron chi connectivity index (χ2n) is 11.9. The Morgan fingerprint density at radius 2 is 0.891 bits per heavy atom. The van der Waals surface area contributed by atoms with E-state index in [0.29, 0.717) is 0 Å². The fourth-order valence-electron chi connectivity index (χ4n) is 6.45. The topological polar surface area (TPSA) is 0 Å². The summed E-state index contributed by atoms with van der Waals surface area (Å²) in [6.07, 6.45) is 18.2. The van der Waals surface area contributed by atoms with Crippen molar-refractivity contribution in [3.63, 3.8) is 0 Å². The number of hydrogen-bond donors (Lipinski definition) is 0. The molecule has 1 aliphatic carbocycles. The third-order valence-electron chi connectivity index (χ3n) is 8.95. The van der Waals surface area contributed by atoms with Gasteiger partial charge in [0, 0.05) is 0 Å². The van der Waals surface area contributed by atoms with Crippen molar-refractivity contribution in [3.05, 3.63) is 143 Å². The summed E-state index contributed by atoms with van der Waals surface area (Å²) in [5, 5.41) is 5.87. The zero-order chi connectivity index (χ0) is 29.2. The number of hydrogen-bond acceptors (Lipinski definition) is 0. The second kappa shape index (κ2) is 21.2. The van der Waals surface area contributed by atoms with Gasteiger partial charge in [-0.3, -0.25) is 0 Å². The smallest absolute Gasteiger partial charge is 1.00 e. The largest absolute Gasteiger partial charge is 4.00 e. The predicted molar refractivity (Wildman–Crippen MR) is 186 cm³/mol. The summed E-state index contributed by atoms with van der Waals surface area (Å²) < 4.78 is 0. The summed E-state index contributed by atoms with van der Waals surface area (Å²) in [7, 11) is -2.57. The molecule has 5 rings (SSSR count). The van der Waals surface area contributed by atoms with Gasteiger partial charge in [-0.25, -0.2) is 0 Å². The molecular formula is C41H47Cl3SiTi. The summed E-state index contributed by atoms with van der Waals surface area (Å²) in [5.41, 5.74) is 6.83. The van der Waals surface area contributed by atoms with Crippen molar-refractivity contribution in [2.24, 2.45) is 0 Å². The van der Waals surface area contributed by atoms with Crippen LogP contribution in [0.15, 0.2) is 114 Å². The zero-order valence-corrected chi connectivity index (χ0v) is 32.4. The van der Waals surface area contributed by atoms with Crippen LogP contribution in [0.4, 0.5) is 0 Å². The molecule has 0 aromatic heterocycles. The van der Waals surface area contributed by atoms with E-state index in [9.17, 15) is 0 Å². The first-order chi connectivity index (χ1) is 20.7. The Labute approximate surface area is 313 Å². The fraction of sp³-hybridized carbons (Fsp3) is 0.317. The van der Waals surface area contributed by atoms with Crippen molar-refractivity contribution in [1.82, 2.24) is 0 Å². The molecule has 0 bridgehead atoms. The standard InChI is InChI=1S/C41H47Si.3ClH.Ti/c1-4-7-13-33-18-25-38(26-19-33)42(39-27-20-34(21-28-39)14-8-5-2,40-29-22-35(23-30-40)15-9-6-3)41-31-24-37(32-41)36-16-11-10-12-17-36;;;;/h10-12,16-30H,4-9,13-15,31H2,1-3H3;3*1H;/q-1;;;;+4/p-3. The van der Waals surface area contributed by atoms with Gasteiger partial charge in [0.05, 0.1) is 0 Å². The van der Waals surface area contributed by atoms with E-state index in [0.717, 1.165) is 25.7 Å². The van der Waals surface area contributed by atoms with Crippen molar-refractivity contribution in [1.29, 1.82) is 0 Å². The van der Waals surface area contributed by atoms with E-state index < -0.39 is 8.07 Å². The van der Waals surface area contributed by atoms with Gasteiger partial charge in [-0.2, -0.15) is 17.7 Å². The molecule has 0 atom stereocenters. The minimum absolute atomic E-state index is 0. The number of benzene rings is 4. The number of rotatable bonds is 14. The van der Waals surface area contributed by atoms with Crippen molar-refractivity contribution < 1.29 is 58.9 Å². The second-order valence-corrected chi connectivity index (χ2v) is 15.8. The van der Waals surface area contributed by atoms with Crippen LogP contribution >= 0.6 is 0 Å². The predicted octanol–water partition coefficient (Wildman–Crippen LogP) is -0.0498. The Bertz CT molecular complexity index is 1350. The van der Waals surface area contributed by atoms with Gasteiger partial charge in [0.2, 0.25) is 0 Å². The Kier molecular flexibility index (Phi) is 19.4. The number of halogens is 3. The third-order valence-corrected chi connectivity index (χ3v) is 13.8. The minimum Gasteiger partial charge on any atom is -1.00 e. The van der Waals surface area contributed by atoms with E-state index in [1.165, 1.54) is 87.1 Å². The Hall–Kier alpha value is -1.84. The molecule has 0 saturated heterocycles. The van der Waals surface area contributed by atoms with Crippen molar-refractivity contribution in [2.45, 2.75) is 85.0 Å². The molecule has 4 aromatic rings. The summed E-state index contributed by atoms with van der Waals surface area (Å²) >= 11 is 0. The van der Waals surface area contributed by atoms with Gasteiger partial charge in [0.25, 0.3) is 0 Å². The molecule has 240 valence electrons. The maximum absolute atomic E-state index is 4.03. The van der Waals surface area contributed by atoms with Crippen LogP contribution < -0.4 is 52.8 Å². The minimum atomic E-state index is -2.57. The SMILES string of the molecule is CCCCc1ccc([Si](C2=[C-]C(c3ccccc3)=CC2)(c2ccc(CCCC)cc2)c2ccc(CCCC)cc2)cc1.[Cl-].[Cl-].[Cl-].[Ti+4]. The summed E-state index contributed by atoms with van der Waals surface area (Å²) in [6, 6.07) is 40.0. The number of allylic oxidation sites excluding steroid dienone is 4. The number of unbranched alkanes of at least 4 members (excludes halogenated alkanes) is 3. The quantitative estimate of drug-likeness (QED) is 0.0975. The molecule has 0 heterocycles. The first kappa shape index (κ1) is 42.2. The van der Waals surface area contributed by atoms with Crippen molar-refractivity contribution >= 4 is 29.2 Å². The Morgan fingerprint density at radius 3 is 1.24 bits per heavy atom. The van der Waals surface area contributed by atoms with E-state index in [-0.39, 0.29) is 58.9 Å². The molecule has 5 heteroatoms. The van der Waals surface area contributed by atoms with Crippen LogP contribution in [0.1, 0.15) is 88.0 Å². The molecule has 0 aliphatic heterocycles. The first-order valence-electron chi connectivity index (χ1n) is 16.4. The molecule has 1 aliphatic rings. The van der Waals surface area contributed by atoms with Gasteiger partial charge in [0.15, 0.2) is 8.07 Å². The van der Waals surface area contributed by atoms with E-state index >= 15 is 0 Å². The Morgan fingerprint density at radius 1 is 0.522 bits per heavy atom. The average molecular weight is 722 g/mol. The summed E-state index contributed by atoms with van der Waals surface area (Å²) in [4.78, 5) is 0. The zero-order valence-electron chi connectivity index (χ0n) is 27.6. The molecule has 0 amide bonds. The third kappa shape index (κ3) is 9.85. The van der Waals surface area contributed by atoms with Gasteiger partial charge in [-0.15, -0.1) is 22.9 Å². The van der Waals surface area contributed by atoms with Crippen LogP contribution in [0.5, 0.6) is 0 Å². The van der Waals surface area contributed by atoms with Gasteiger partial charge in [-0.1, -0.05) is 137 Å². The molecule has 0 radical (unpaired) electrons. The molecular weight excluding hydrogens is 675 g/mol. The molecule has 4 aromatic carbocycles. The van der Waals surface area contributed by atoms with Crippen LogP contribution in [0, 0.1) is 6.08 Å². The van der Waals surface area contributed by atoms with Gasteiger partial charge in [-0.05, 0) is 70.8 Å². The van der Waals surface area contributed by atoms with Crippen LogP contribution in [-0.2, 0) is 41.0 Å². The van der Waals surface area contributed by atoms with Crippen LogP contribution in [0.2, 0.25) is 0 Å². The van der Waals surface area contributed by atoms with E-state index in [1.54, 1.807) is 0 Å². The molecule has 0 spiro atoms. The molecule has 0 nitrogen and oxygen atoms in total. The van der Waals surface area contributed by atoms with E-state index in [2.05, 4.69) is 136 Å². The maximum atomic E-state index is 4.03. The van der Waals surface area contributed by atoms with Crippen molar-refractivity contribution in [3.8, 4) is 0 Å². The number of aryl methyl sites for hydroxylation is 3. The van der Waals surface area contributed by atoms with Gasteiger partial charge in [0.1, 0.15) is 0 Å².